The molecule has 2 aliphatic heterocycles. The number of carbonyl (C=O) groups excluding carboxylic acids is 1. The van der Waals surface area contributed by atoms with E-state index >= 15 is 0 Å². The minimum atomic E-state index is 0.115. The number of aryl methyl sites for hydroxylation is 1. The Morgan fingerprint density at radius 1 is 1.26 bits per heavy atom. The number of thioether (sulfide) groups is 1. The van der Waals surface area contributed by atoms with Gasteiger partial charge in [0.05, 0.1) is 6.20 Å². The predicted molar refractivity (Wildman–Crippen MR) is 92.0 cm³/mol. The zero-order chi connectivity index (χ0) is 15.8. The molecular weight excluding hydrogens is 310 g/mol. The van der Waals surface area contributed by atoms with Gasteiger partial charge in [0.25, 0.3) is 5.91 Å². The van der Waals surface area contributed by atoms with Gasteiger partial charge in [0.1, 0.15) is 11.2 Å². The molecule has 2 aliphatic rings. The summed E-state index contributed by atoms with van der Waals surface area (Å²) in [5.41, 5.74) is 1.59. The monoisotopic (exact) mass is 333 g/mol. The molecule has 1 atom stereocenters. The summed E-state index contributed by atoms with van der Waals surface area (Å²) < 4.78 is 3.73. The second-order valence-corrected chi connectivity index (χ2v) is 7.58. The lowest BCUT2D eigenvalue weighted by atomic mass is 10.2. The number of hydrogen-bond donors (Lipinski definition) is 0. The zero-order valence-electron chi connectivity index (χ0n) is 13.5. The lowest BCUT2D eigenvalue weighted by Gasteiger charge is -2.26. The van der Waals surface area contributed by atoms with Gasteiger partial charge < -0.3 is 9.47 Å². The van der Waals surface area contributed by atoms with Crippen LogP contribution in [0.15, 0.2) is 18.6 Å². The van der Waals surface area contributed by atoms with Crippen molar-refractivity contribution in [2.45, 2.75) is 18.9 Å². The van der Waals surface area contributed by atoms with Crippen LogP contribution in [0, 0.1) is 0 Å². The molecule has 0 saturated carbocycles. The highest BCUT2D eigenvalue weighted by molar-refractivity contribution is 7.99. The van der Waals surface area contributed by atoms with Crippen LogP contribution in [0.1, 0.15) is 23.2 Å². The second-order valence-electron chi connectivity index (χ2n) is 6.43. The first kappa shape index (κ1) is 15.1. The molecule has 0 bridgehead atoms. The van der Waals surface area contributed by atoms with E-state index in [0.29, 0.717) is 11.6 Å². The quantitative estimate of drug-likeness (QED) is 0.832. The molecule has 0 aliphatic carbocycles. The smallest absolute Gasteiger partial charge is 0.259 e. The van der Waals surface area contributed by atoms with Gasteiger partial charge in [0.15, 0.2) is 0 Å². The van der Waals surface area contributed by atoms with Crippen LogP contribution in [0.4, 0.5) is 0 Å². The van der Waals surface area contributed by atoms with Crippen molar-refractivity contribution in [1.29, 1.82) is 0 Å². The summed E-state index contributed by atoms with van der Waals surface area (Å²) in [6.45, 7) is 3.77. The van der Waals surface area contributed by atoms with Crippen molar-refractivity contribution >= 4 is 23.3 Å². The Bertz CT molecular complexity index is 702. The van der Waals surface area contributed by atoms with E-state index in [1.54, 1.807) is 10.7 Å². The minimum absolute atomic E-state index is 0.115. The Morgan fingerprint density at radius 2 is 2.17 bits per heavy atom. The summed E-state index contributed by atoms with van der Waals surface area (Å²) in [7, 11) is 1.95. The van der Waals surface area contributed by atoms with E-state index in [9.17, 15) is 4.79 Å². The molecule has 2 fully saturated rings. The molecule has 2 saturated heterocycles. The number of nitrogens with zero attached hydrogens (tertiary/aromatic N) is 5. The maximum Gasteiger partial charge on any atom is 0.259 e. The highest BCUT2D eigenvalue weighted by Gasteiger charge is 2.28. The SMILES string of the molecule is Cn1ccn2ncc(C(=O)N3CCCN(C4CCSC4)CC3)c12. The number of fused-ring (bicyclic) bond motifs is 1. The van der Waals surface area contributed by atoms with Crippen LogP contribution in [-0.2, 0) is 7.05 Å². The van der Waals surface area contributed by atoms with Crippen molar-refractivity contribution < 1.29 is 4.79 Å². The molecule has 0 spiro atoms. The Labute approximate surface area is 140 Å². The van der Waals surface area contributed by atoms with E-state index in [-0.39, 0.29) is 5.91 Å². The number of hydrogen-bond acceptors (Lipinski definition) is 4. The van der Waals surface area contributed by atoms with Gasteiger partial charge >= 0.3 is 0 Å². The molecule has 4 rings (SSSR count). The van der Waals surface area contributed by atoms with Gasteiger partial charge in [-0.05, 0) is 18.6 Å². The Morgan fingerprint density at radius 3 is 3.00 bits per heavy atom. The summed E-state index contributed by atoms with van der Waals surface area (Å²) in [4.78, 5) is 17.5. The molecule has 4 heterocycles. The lowest BCUT2D eigenvalue weighted by molar-refractivity contribution is 0.0760. The van der Waals surface area contributed by atoms with Crippen molar-refractivity contribution in [2.75, 3.05) is 37.7 Å². The van der Waals surface area contributed by atoms with Crippen LogP contribution < -0.4 is 0 Å². The van der Waals surface area contributed by atoms with E-state index in [1.165, 1.54) is 17.9 Å². The third-order valence-corrected chi connectivity index (χ3v) is 6.15. The molecule has 0 radical (unpaired) electrons. The number of imidazole rings is 1. The van der Waals surface area contributed by atoms with Crippen LogP contribution in [0.3, 0.4) is 0 Å². The minimum Gasteiger partial charge on any atom is -0.337 e. The van der Waals surface area contributed by atoms with E-state index in [2.05, 4.69) is 21.8 Å². The van der Waals surface area contributed by atoms with Crippen molar-refractivity contribution in [3.63, 3.8) is 0 Å². The van der Waals surface area contributed by atoms with Crippen molar-refractivity contribution in [1.82, 2.24) is 24.0 Å². The maximum atomic E-state index is 12.9. The number of aromatic nitrogens is 3. The third-order valence-electron chi connectivity index (χ3n) is 5.00. The fraction of sp³-hybridized carbons (Fsp3) is 0.625. The molecular formula is C16H23N5OS. The summed E-state index contributed by atoms with van der Waals surface area (Å²) in [6, 6.07) is 0.714. The van der Waals surface area contributed by atoms with Crippen LogP contribution in [-0.4, -0.2) is 73.6 Å². The second kappa shape index (κ2) is 6.20. The average Bonchev–Trinajstić information content (AvgIpc) is 3.24. The normalized spacial score (nSPS) is 23.5. The first-order valence-electron chi connectivity index (χ1n) is 8.34. The Balaban J connectivity index is 1.49. The average molecular weight is 333 g/mol. The fourth-order valence-corrected chi connectivity index (χ4v) is 4.94. The highest BCUT2D eigenvalue weighted by atomic mass is 32.2. The van der Waals surface area contributed by atoms with Gasteiger partial charge in [-0.2, -0.15) is 16.9 Å². The molecule has 124 valence electrons. The van der Waals surface area contributed by atoms with E-state index in [4.69, 9.17) is 0 Å². The van der Waals surface area contributed by atoms with Gasteiger partial charge in [-0.1, -0.05) is 0 Å². The van der Waals surface area contributed by atoms with Crippen molar-refractivity contribution in [3.05, 3.63) is 24.2 Å². The van der Waals surface area contributed by atoms with Gasteiger partial charge in [-0.15, -0.1) is 0 Å². The molecule has 7 heteroatoms. The summed E-state index contributed by atoms with van der Waals surface area (Å²) in [5.74, 6) is 2.65. The molecule has 6 nitrogen and oxygen atoms in total. The number of amides is 1. The van der Waals surface area contributed by atoms with Gasteiger partial charge in [-0.25, -0.2) is 4.52 Å². The van der Waals surface area contributed by atoms with Crippen LogP contribution >= 0.6 is 11.8 Å². The van der Waals surface area contributed by atoms with Crippen LogP contribution in [0.25, 0.3) is 5.65 Å². The standard InChI is InChI=1S/C16H23N5OS/c1-18-6-9-21-15(18)14(11-17-21)16(22)20-5-2-4-19(7-8-20)13-3-10-23-12-13/h6,9,11,13H,2-5,7-8,10,12H2,1H3. The topological polar surface area (TPSA) is 45.8 Å². The number of rotatable bonds is 2. The summed E-state index contributed by atoms with van der Waals surface area (Å²) >= 11 is 2.06. The molecule has 1 unspecified atom stereocenters. The van der Waals surface area contributed by atoms with E-state index in [0.717, 1.165) is 38.2 Å². The fourth-order valence-electron chi connectivity index (χ4n) is 3.69. The van der Waals surface area contributed by atoms with Crippen molar-refractivity contribution in [2.24, 2.45) is 7.05 Å². The lowest BCUT2D eigenvalue weighted by Crippen LogP contribution is -2.39. The third kappa shape index (κ3) is 2.76. The maximum absolute atomic E-state index is 12.9. The summed E-state index contributed by atoms with van der Waals surface area (Å²) in [5, 5.41) is 4.29. The van der Waals surface area contributed by atoms with Gasteiger partial charge in [0, 0.05) is 57.4 Å². The van der Waals surface area contributed by atoms with E-state index in [1.807, 2.05) is 28.9 Å². The predicted octanol–water partition coefficient (Wildman–Crippen LogP) is 1.33. The first-order valence-corrected chi connectivity index (χ1v) is 9.49. The molecule has 0 aromatic carbocycles. The highest BCUT2D eigenvalue weighted by Crippen LogP contribution is 2.23. The van der Waals surface area contributed by atoms with Gasteiger partial charge in [0.2, 0.25) is 0 Å². The van der Waals surface area contributed by atoms with Crippen molar-refractivity contribution in [3.8, 4) is 0 Å². The van der Waals surface area contributed by atoms with Crippen LogP contribution in [0.2, 0.25) is 0 Å². The Kier molecular flexibility index (Phi) is 4.07. The number of carbonyl (C=O) groups is 1. The largest absolute Gasteiger partial charge is 0.337 e. The first-order chi connectivity index (χ1) is 11.2. The van der Waals surface area contributed by atoms with Gasteiger partial charge in [-0.3, -0.25) is 9.69 Å². The Hall–Kier alpha value is -1.47. The van der Waals surface area contributed by atoms with Crippen LogP contribution in [0.5, 0.6) is 0 Å². The summed E-state index contributed by atoms with van der Waals surface area (Å²) in [6.07, 6.45) is 7.87. The molecule has 1 amide bonds. The zero-order valence-corrected chi connectivity index (χ0v) is 14.3. The van der Waals surface area contributed by atoms with E-state index < -0.39 is 0 Å². The molecule has 2 aromatic rings. The molecule has 2 aromatic heterocycles. The molecule has 0 N–H and O–H groups in total. The molecule has 23 heavy (non-hydrogen) atoms.